The van der Waals surface area contributed by atoms with Crippen molar-refractivity contribution in [2.24, 2.45) is 5.41 Å². The minimum absolute atomic E-state index is 0.0961. The highest BCUT2D eigenvalue weighted by Crippen LogP contribution is 2.47. The molecule has 0 fully saturated rings. The van der Waals surface area contributed by atoms with E-state index in [-0.39, 0.29) is 41.1 Å². The molecule has 0 unspecified atom stereocenters. The summed E-state index contributed by atoms with van der Waals surface area (Å²) in [5.74, 6) is -13.7. The number of carbonyl (C=O) groups is 2. The summed E-state index contributed by atoms with van der Waals surface area (Å²) < 4.78 is 85.0. The molecule has 1 heterocycles. The quantitative estimate of drug-likeness (QED) is 0.188. The van der Waals surface area contributed by atoms with E-state index in [1.54, 1.807) is 19.9 Å². The fourth-order valence-corrected chi connectivity index (χ4v) is 5.20. The van der Waals surface area contributed by atoms with Crippen LogP contribution in [0.25, 0.3) is 0 Å². The van der Waals surface area contributed by atoms with E-state index in [0.717, 1.165) is 0 Å². The number of Topliss-reactive ketones (excluding diaryl/α,β-unsaturated/α-hetero) is 1. The molecule has 0 saturated carbocycles. The monoisotopic (exact) mass is 565 g/mol. The number of carbonyl (C=O) groups excluding carboxylic acids is 2. The van der Waals surface area contributed by atoms with E-state index in [2.05, 4.69) is 5.32 Å². The molecule has 1 aliphatic carbocycles. The van der Waals surface area contributed by atoms with Crippen molar-refractivity contribution in [1.29, 1.82) is 0 Å². The summed E-state index contributed by atoms with van der Waals surface area (Å²) in [6.07, 6.45) is 0.788. The zero-order chi connectivity index (χ0) is 29.5. The number of ketones is 1. The van der Waals surface area contributed by atoms with Crippen LogP contribution in [0.4, 0.5) is 22.0 Å². The average molecular weight is 566 g/mol. The number of methoxy groups -OCH3 is 1. The van der Waals surface area contributed by atoms with Gasteiger partial charge in [-0.2, -0.15) is 8.78 Å². The summed E-state index contributed by atoms with van der Waals surface area (Å²) in [6.45, 7) is 6.73. The van der Waals surface area contributed by atoms with Gasteiger partial charge in [0.05, 0.1) is 19.3 Å². The molecular formula is C29H28F5NO5. The highest BCUT2D eigenvalue weighted by Gasteiger charge is 2.43. The van der Waals surface area contributed by atoms with Crippen molar-refractivity contribution in [2.75, 3.05) is 13.7 Å². The Labute approximate surface area is 227 Å². The average Bonchev–Trinajstić information content (AvgIpc) is 2.89. The third kappa shape index (κ3) is 5.16. The van der Waals surface area contributed by atoms with E-state index < -0.39 is 53.3 Å². The van der Waals surface area contributed by atoms with E-state index in [9.17, 15) is 31.5 Å². The topological polar surface area (TPSA) is 73.9 Å². The zero-order valence-corrected chi connectivity index (χ0v) is 22.6. The van der Waals surface area contributed by atoms with Crippen LogP contribution in [0.2, 0.25) is 0 Å². The Balaban J connectivity index is 1.81. The zero-order valence-electron chi connectivity index (χ0n) is 22.6. The SMILES string of the molecule is CCOC(=O)C1=C(C)NC2=C(C(=O)CC(C)(C)C2)[C@H]1c1ccc(OC)c(COc2c(F)c(F)c(F)c(F)c2F)c1. The summed E-state index contributed by atoms with van der Waals surface area (Å²) >= 11 is 0. The lowest BCUT2D eigenvalue weighted by Gasteiger charge is -2.39. The number of benzene rings is 2. The largest absolute Gasteiger partial charge is 0.496 e. The van der Waals surface area contributed by atoms with Gasteiger partial charge in [0.2, 0.25) is 29.1 Å². The number of dihydropyridines is 1. The number of ether oxygens (including phenoxy) is 3. The van der Waals surface area contributed by atoms with Crippen molar-refractivity contribution in [3.63, 3.8) is 0 Å². The van der Waals surface area contributed by atoms with Gasteiger partial charge in [-0.1, -0.05) is 19.9 Å². The molecular weight excluding hydrogens is 537 g/mol. The Hall–Kier alpha value is -3.89. The number of rotatable bonds is 7. The molecule has 40 heavy (non-hydrogen) atoms. The molecule has 1 aliphatic heterocycles. The van der Waals surface area contributed by atoms with Gasteiger partial charge in [-0.25, -0.2) is 18.0 Å². The van der Waals surface area contributed by atoms with Crippen molar-refractivity contribution in [1.82, 2.24) is 5.32 Å². The lowest BCUT2D eigenvalue weighted by molar-refractivity contribution is -0.138. The molecule has 2 aromatic rings. The van der Waals surface area contributed by atoms with Gasteiger partial charge in [-0.15, -0.1) is 0 Å². The Morgan fingerprint density at radius 2 is 1.65 bits per heavy atom. The van der Waals surface area contributed by atoms with Crippen LogP contribution in [0.15, 0.2) is 40.7 Å². The van der Waals surface area contributed by atoms with Gasteiger partial charge in [-0.3, -0.25) is 4.79 Å². The Morgan fingerprint density at radius 3 is 2.25 bits per heavy atom. The summed E-state index contributed by atoms with van der Waals surface area (Å²) in [5, 5.41) is 3.21. The number of allylic oxidation sites excluding steroid dienone is 3. The van der Waals surface area contributed by atoms with Crippen LogP contribution in [-0.2, 0) is 20.9 Å². The second-order valence-electron chi connectivity index (χ2n) is 10.4. The predicted octanol–water partition coefficient (Wildman–Crippen LogP) is 6.14. The van der Waals surface area contributed by atoms with E-state index >= 15 is 0 Å². The van der Waals surface area contributed by atoms with E-state index in [1.165, 1.54) is 19.2 Å². The van der Waals surface area contributed by atoms with Crippen molar-refractivity contribution in [3.8, 4) is 11.5 Å². The van der Waals surface area contributed by atoms with E-state index in [4.69, 9.17) is 14.2 Å². The van der Waals surface area contributed by atoms with Gasteiger partial charge < -0.3 is 19.5 Å². The second-order valence-corrected chi connectivity index (χ2v) is 10.4. The number of nitrogens with one attached hydrogen (secondary N) is 1. The van der Waals surface area contributed by atoms with Crippen LogP contribution in [-0.4, -0.2) is 25.5 Å². The van der Waals surface area contributed by atoms with Crippen molar-refractivity contribution in [2.45, 2.75) is 53.1 Å². The summed E-state index contributed by atoms with van der Waals surface area (Å²) in [6, 6.07) is 4.63. The standard InChI is InChI=1S/C29H28F5NO5/c1-6-39-28(37)19-13(2)35-16-10-29(3,4)11-17(36)21(16)20(19)14-7-8-18(38-5)15(9-14)12-40-27-25(33)23(31)22(30)24(32)26(27)34/h7-9,20,35H,6,10-12H2,1-5H3/t20-/m0/s1. The second kappa shape index (κ2) is 10.9. The minimum atomic E-state index is -2.30. The molecule has 0 amide bonds. The Bertz CT molecular complexity index is 1430. The maximum Gasteiger partial charge on any atom is 0.336 e. The van der Waals surface area contributed by atoms with Crippen molar-refractivity contribution < 1.29 is 45.8 Å². The van der Waals surface area contributed by atoms with Gasteiger partial charge in [-0.05, 0) is 43.4 Å². The smallest absolute Gasteiger partial charge is 0.336 e. The van der Waals surface area contributed by atoms with Crippen molar-refractivity contribution >= 4 is 11.8 Å². The number of hydrogen-bond donors (Lipinski definition) is 1. The normalized spacial score (nSPS) is 18.4. The van der Waals surface area contributed by atoms with Gasteiger partial charge in [0.15, 0.2) is 11.5 Å². The summed E-state index contributed by atoms with van der Waals surface area (Å²) in [7, 11) is 1.32. The van der Waals surface area contributed by atoms with Crippen LogP contribution in [0.1, 0.15) is 57.6 Å². The summed E-state index contributed by atoms with van der Waals surface area (Å²) in [4.78, 5) is 26.5. The first-order chi connectivity index (χ1) is 18.8. The molecule has 1 atom stereocenters. The number of halogens is 5. The van der Waals surface area contributed by atoms with Crippen LogP contribution in [0.5, 0.6) is 11.5 Å². The fourth-order valence-electron chi connectivity index (χ4n) is 5.20. The molecule has 0 bridgehead atoms. The molecule has 0 radical (unpaired) electrons. The van der Waals surface area contributed by atoms with Crippen LogP contribution in [0.3, 0.4) is 0 Å². The third-order valence-corrected chi connectivity index (χ3v) is 6.91. The van der Waals surface area contributed by atoms with Crippen LogP contribution in [0, 0.1) is 34.5 Å². The molecule has 1 N–H and O–H groups in total. The van der Waals surface area contributed by atoms with Crippen molar-refractivity contribution in [3.05, 3.63) is 81.0 Å². The minimum Gasteiger partial charge on any atom is -0.496 e. The van der Waals surface area contributed by atoms with Gasteiger partial charge in [0, 0.05) is 34.9 Å². The molecule has 11 heteroatoms. The third-order valence-electron chi connectivity index (χ3n) is 6.91. The first-order valence-corrected chi connectivity index (χ1v) is 12.5. The lowest BCUT2D eigenvalue weighted by Crippen LogP contribution is -2.38. The summed E-state index contributed by atoms with van der Waals surface area (Å²) in [5.41, 5.74) is 2.09. The van der Waals surface area contributed by atoms with Crippen LogP contribution < -0.4 is 14.8 Å². The van der Waals surface area contributed by atoms with Gasteiger partial charge in [0.25, 0.3) is 0 Å². The van der Waals surface area contributed by atoms with Gasteiger partial charge >= 0.3 is 5.97 Å². The van der Waals surface area contributed by atoms with E-state index in [0.29, 0.717) is 29.0 Å². The Morgan fingerprint density at radius 1 is 1.02 bits per heavy atom. The van der Waals surface area contributed by atoms with Gasteiger partial charge in [0.1, 0.15) is 12.4 Å². The molecule has 4 rings (SSSR count). The highest BCUT2D eigenvalue weighted by molar-refractivity contribution is 6.04. The molecule has 6 nitrogen and oxygen atoms in total. The highest BCUT2D eigenvalue weighted by atomic mass is 19.2. The first kappa shape index (κ1) is 29.1. The van der Waals surface area contributed by atoms with Crippen LogP contribution >= 0.6 is 0 Å². The number of hydrogen-bond acceptors (Lipinski definition) is 6. The molecule has 214 valence electrons. The lowest BCUT2D eigenvalue weighted by atomic mass is 9.68. The molecule has 0 aromatic heterocycles. The molecule has 2 aromatic carbocycles. The number of esters is 1. The van der Waals surface area contributed by atoms with E-state index in [1.807, 2.05) is 13.8 Å². The first-order valence-electron chi connectivity index (χ1n) is 12.5. The maximum atomic E-state index is 14.2. The fraction of sp³-hybridized carbons (Fsp3) is 0.379. The molecule has 0 saturated heterocycles. The Kier molecular flexibility index (Phi) is 7.96. The molecule has 2 aliphatic rings. The maximum absolute atomic E-state index is 14.2. The molecule has 0 spiro atoms. The predicted molar refractivity (Wildman–Crippen MR) is 134 cm³/mol.